The van der Waals surface area contributed by atoms with E-state index in [-0.39, 0.29) is 11.6 Å². The van der Waals surface area contributed by atoms with Gasteiger partial charge in [-0.05, 0) is 24.8 Å². The Balaban J connectivity index is 1.97. The zero-order chi connectivity index (χ0) is 14.5. The summed E-state index contributed by atoms with van der Waals surface area (Å²) in [6.45, 7) is 3.88. The number of pyridine rings is 1. The highest BCUT2D eigenvalue weighted by Gasteiger charge is 2.21. The Morgan fingerprint density at radius 3 is 3.00 bits per heavy atom. The second kappa shape index (κ2) is 6.31. The van der Waals surface area contributed by atoms with E-state index in [1.807, 2.05) is 0 Å². The van der Waals surface area contributed by atoms with Crippen molar-refractivity contribution in [3.05, 3.63) is 28.4 Å². The van der Waals surface area contributed by atoms with Gasteiger partial charge in [0, 0.05) is 32.6 Å². The van der Waals surface area contributed by atoms with E-state index < -0.39 is 4.92 Å². The molecule has 1 saturated heterocycles. The Morgan fingerprint density at radius 1 is 1.60 bits per heavy atom. The minimum Gasteiger partial charge on any atom is -0.356 e. The number of nitrogens with one attached hydrogen (secondary N) is 1. The van der Waals surface area contributed by atoms with Gasteiger partial charge in [0.15, 0.2) is 0 Å². The Morgan fingerprint density at radius 2 is 2.40 bits per heavy atom. The van der Waals surface area contributed by atoms with Gasteiger partial charge in [-0.25, -0.2) is 4.98 Å². The Hall–Kier alpha value is -2.18. The summed E-state index contributed by atoms with van der Waals surface area (Å²) in [5.41, 5.74) is 0.000515. The molecule has 7 heteroatoms. The van der Waals surface area contributed by atoms with Gasteiger partial charge >= 0.3 is 0 Å². The fourth-order valence-electron chi connectivity index (χ4n) is 2.40. The van der Waals surface area contributed by atoms with Gasteiger partial charge in [0.05, 0.1) is 4.92 Å². The second-order valence-electron chi connectivity index (χ2n) is 5.02. The lowest BCUT2D eigenvalue weighted by molar-refractivity contribution is -0.385. The third kappa shape index (κ3) is 3.66. The number of aromatic nitrogens is 1. The number of nitro groups is 1. The fourth-order valence-corrected chi connectivity index (χ4v) is 2.40. The number of anilines is 1. The van der Waals surface area contributed by atoms with Crippen molar-refractivity contribution in [3.8, 4) is 0 Å². The van der Waals surface area contributed by atoms with Crippen LogP contribution in [0.2, 0.25) is 0 Å². The average Bonchev–Trinajstić information content (AvgIpc) is 2.45. The maximum absolute atomic E-state index is 10.9. The predicted molar refractivity (Wildman–Crippen MR) is 74.5 cm³/mol. The standard InChI is InChI=1S/C13H18N4O3/c1-10(18)14-7-11-3-2-6-16(9-11)13-5-4-12(8-15-13)17(19)20/h4-5,8,11H,2-3,6-7,9H2,1H3,(H,14,18)/t11-/m0/s1. The van der Waals surface area contributed by atoms with Crippen LogP contribution in [-0.2, 0) is 4.79 Å². The molecule has 0 spiro atoms. The van der Waals surface area contributed by atoms with Gasteiger partial charge in [0.2, 0.25) is 5.91 Å². The summed E-state index contributed by atoms with van der Waals surface area (Å²) in [7, 11) is 0. The van der Waals surface area contributed by atoms with E-state index in [0.29, 0.717) is 12.5 Å². The Bertz CT molecular complexity index is 489. The lowest BCUT2D eigenvalue weighted by atomic mass is 9.98. The van der Waals surface area contributed by atoms with Crippen molar-refractivity contribution >= 4 is 17.4 Å². The van der Waals surface area contributed by atoms with Crippen molar-refractivity contribution < 1.29 is 9.72 Å². The maximum Gasteiger partial charge on any atom is 0.287 e. The van der Waals surface area contributed by atoms with E-state index in [9.17, 15) is 14.9 Å². The van der Waals surface area contributed by atoms with Crippen LogP contribution in [0.1, 0.15) is 19.8 Å². The molecule has 0 saturated carbocycles. The van der Waals surface area contributed by atoms with Crippen LogP contribution < -0.4 is 10.2 Å². The third-order valence-electron chi connectivity index (χ3n) is 3.43. The molecule has 1 aliphatic heterocycles. The molecule has 1 fully saturated rings. The molecule has 1 aromatic rings. The van der Waals surface area contributed by atoms with Gasteiger partial charge in [-0.15, -0.1) is 0 Å². The quantitative estimate of drug-likeness (QED) is 0.663. The highest BCUT2D eigenvalue weighted by atomic mass is 16.6. The minimum absolute atomic E-state index is 0.000515. The zero-order valence-corrected chi connectivity index (χ0v) is 11.4. The lowest BCUT2D eigenvalue weighted by Gasteiger charge is -2.33. The first kappa shape index (κ1) is 14.2. The van der Waals surface area contributed by atoms with E-state index in [1.54, 1.807) is 6.07 Å². The van der Waals surface area contributed by atoms with Crippen LogP contribution in [0.5, 0.6) is 0 Å². The largest absolute Gasteiger partial charge is 0.356 e. The van der Waals surface area contributed by atoms with Gasteiger partial charge in [-0.1, -0.05) is 0 Å². The molecule has 108 valence electrons. The van der Waals surface area contributed by atoms with Gasteiger partial charge < -0.3 is 10.2 Å². The van der Waals surface area contributed by atoms with Gasteiger partial charge in [-0.2, -0.15) is 0 Å². The molecule has 0 aliphatic carbocycles. The topological polar surface area (TPSA) is 88.4 Å². The molecular weight excluding hydrogens is 260 g/mol. The summed E-state index contributed by atoms with van der Waals surface area (Å²) >= 11 is 0. The minimum atomic E-state index is -0.452. The molecule has 2 heterocycles. The summed E-state index contributed by atoms with van der Waals surface area (Å²) in [4.78, 5) is 27.3. The van der Waals surface area contributed by atoms with E-state index >= 15 is 0 Å². The smallest absolute Gasteiger partial charge is 0.287 e. The highest BCUT2D eigenvalue weighted by Crippen LogP contribution is 2.22. The molecule has 0 bridgehead atoms. The first-order valence-corrected chi connectivity index (χ1v) is 6.66. The van der Waals surface area contributed by atoms with Gasteiger partial charge in [-0.3, -0.25) is 14.9 Å². The molecule has 1 amide bonds. The van der Waals surface area contributed by atoms with E-state index in [2.05, 4.69) is 15.2 Å². The lowest BCUT2D eigenvalue weighted by Crippen LogP contribution is -2.40. The molecule has 0 aromatic carbocycles. The maximum atomic E-state index is 10.9. The molecule has 2 rings (SSSR count). The van der Waals surface area contributed by atoms with Crippen LogP contribution in [0.25, 0.3) is 0 Å². The van der Waals surface area contributed by atoms with Crippen molar-refractivity contribution in [1.82, 2.24) is 10.3 Å². The molecule has 7 nitrogen and oxygen atoms in total. The predicted octanol–water partition coefficient (Wildman–Crippen LogP) is 1.34. The number of rotatable bonds is 4. The van der Waals surface area contributed by atoms with Crippen molar-refractivity contribution in [3.63, 3.8) is 0 Å². The summed E-state index contributed by atoms with van der Waals surface area (Å²) in [6.07, 6.45) is 3.39. The molecule has 1 aliphatic rings. The summed E-state index contributed by atoms with van der Waals surface area (Å²) in [5, 5.41) is 13.4. The van der Waals surface area contributed by atoms with Crippen molar-refractivity contribution in [1.29, 1.82) is 0 Å². The molecule has 1 atom stereocenters. The number of carbonyl (C=O) groups is 1. The SMILES string of the molecule is CC(=O)NC[C@@H]1CCCN(c2ccc([N+](=O)[O-])cn2)C1. The van der Waals surface area contributed by atoms with Crippen molar-refractivity contribution in [2.75, 3.05) is 24.5 Å². The molecule has 1 aromatic heterocycles. The van der Waals surface area contributed by atoms with Gasteiger partial charge in [0.1, 0.15) is 12.0 Å². The highest BCUT2D eigenvalue weighted by molar-refractivity contribution is 5.72. The molecule has 0 radical (unpaired) electrons. The number of carbonyl (C=O) groups excluding carboxylic acids is 1. The zero-order valence-electron chi connectivity index (χ0n) is 11.4. The van der Waals surface area contributed by atoms with E-state index in [0.717, 1.165) is 31.7 Å². The molecule has 1 N–H and O–H groups in total. The molecule has 20 heavy (non-hydrogen) atoms. The Labute approximate surface area is 117 Å². The van der Waals surface area contributed by atoms with Crippen LogP contribution >= 0.6 is 0 Å². The van der Waals surface area contributed by atoms with Crippen LogP contribution in [0.4, 0.5) is 11.5 Å². The summed E-state index contributed by atoms with van der Waals surface area (Å²) < 4.78 is 0. The van der Waals surface area contributed by atoms with E-state index in [1.165, 1.54) is 19.2 Å². The number of hydrogen-bond donors (Lipinski definition) is 1. The second-order valence-corrected chi connectivity index (χ2v) is 5.02. The number of amides is 1. The normalized spacial score (nSPS) is 18.6. The first-order chi connectivity index (χ1) is 9.56. The van der Waals surface area contributed by atoms with Crippen molar-refractivity contribution in [2.45, 2.75) is 19.8 Å². The Kier molecular flexibility index (Phi) is 4.49. The van der Waals surface area contributed by atoms with Crippen LogP contribution in [-0.4, -0.2) is 35.4 Å². The number of nitrogens with zero attached hydrogens (tertiary/aromatic N) is 3. The summed E-state index contributed by atoms with van der Waals surface area (Å²) in [5.74, 6) is 1.13. The molecular formula is C13H18N4O3. The number of piperidine rings is 1. The average molecular weight is 278 g/mol. The van der Waals surface area contributed by atoms with Gasteiger partial charge in [0.25, 0.3) is 5.69 Å². The van der Waals surface area contributed by atoms with Crippen molar-refractivity contribution in [2.24, 2.45) is 5.92 Å². The van der Waals surface area contributed by atoms with Crippen LogP contribution in [0.15, 0.2) is 18.3 Å². The first-order valence-electron chi connectivity index (χ1n) is 6.66. The van der Waals surface area contributed by atoms with E-state index in [4.69, 9.17) is 0 Å². The molecule has 0 unspecified atom stereocenters. The fraction of sp³-hybridized carbons (Fsp3) is 0.538. The van der Waals surface area contributed by atoms with Crippen LogP contribution in [0.3, 0.4) is 0 Å². The van der Waals surface area contributed by atoms with Crippen LogP contribution in [0, 0.1) is 16.0 Å². The number of hydrogen-bond acceptors (Lipinski definition) is 5. The monoisotopic (exact) mass is 278 g/mol. The summed E-state index contributed by atoms with van der Waals surface area (Å²) in [6, 6.07) is 3.15. The third-order valence-corrected chi connectivity index (χ3v) is 3.43.